The summed E-state index contributed by atoms with van der Waals surface area (Å²) in [4.78, 5) is 16.7. The second-order valence-electron chi connectivity index (χ2n) is 4.95. The fraction of sp³-hybridized carbons (Fsp3) is 0.125. The number of hydrogen-bond donors (Lipinski definition) is 1. The molecule has 7 heteroatoms. The van der Waals surface area contributed by atoms with Crippen molar-refractivity contribution in [2.45, 2.75) is 5.75 Å². The number of hydrazine groups is 1. The van der Waals surface area contributed by atoms with Gasteiger partial charge in [0.2, 0.25) is 0 Å². The number of rotatable bonds is 2. The number of nitrogens with one attached hydrogen (secondary N) is 1. The van der Waals surface area contributed by atoms with Gasteiger partial charge in [0, 0.05) is 12.8 Å². The van der Waals surface area contributed by atoms with Gasteiger partial charge in [-0.3, -0.25) is 15.2 Å². The number of thioether (sulfide) groups is 1. The molecule has 0 spiro atoms. The Bertz CT molecular complexity index is 795. The van der Waals surface area contributed by atoms with Crippen LogP contribution < -0.4 is 5.43 Å². The van der Waals surface area contributed by atoms with E-state index in [9.17, 15) is 4.79 Å². The molecule has 1 amide bonds. The van der Waals surface area contributed by atoms with Crippen LogP contribution in [0, 0.1) is 0 Å². The van der Waals surface area contributed by atoms with Crippen LogP contribution in [0.1, 0.15) is 15.9 Å². The number of amidine groups is 1. The molecule has 0 atom stereocenters. The number of aliphatic imine (C=N–C) groups is 1. The van der Waals surface area contributed by atoms with Gasteiger partial charge in [0.05, 0.1) is 21.3 Å². The molecule has 1 heterocycles. The maximum Gasteiger partial charge on any atom is 0.272 e. The summed E-state index contributed by atoms with van der Waals surface area (Å²) >= 11 is 13.5. The molecule has 0 bridgehead atoms. The van der Waals surface area contributed by atoms with Crippen molar-refractivity contribution < 1.29 is 4.79 Å². The molecule has 0 aromatic heterocycles. The van der Waals surface area contributed by atoms with Crippen molar-refractivity contribution in [1.82, 2.24) is 10.4 Å². The third kappa shape index (κ3) is 3.63. The van der Waals surface area contributed by atoms with Gasteiger partial charge in [0.1, 0.15) is 0 Å². The Balaban J connectivity index is 1.82. The molecule has 0 radical (unpaired) electrons. The van der Waals surface area contributed by atoms with E-state index in [0.29, 0.717) is 32.2 Å². The normalized spacial score (nSPS) is 14.0. The molecule has 0 saturated carbocycles. The smallest absolute Gasteiger partial charge is 0.267 e. The minimum absolute atomic E-state index is 0.169. The largest absolute Gasteiger partial charge is 0.272 e. The fourth-order valence-electron chi connectivity index (χ4n) is 2.11. The van der Waals surface area contributed by atoms with Gasteiger partial charge in [-0.25, -0.2) is 4.99 Å². The minimum atomic E-state index is -0.169. The van der Waals surface area contributed by atoms with Gasteiger partial charge in [-0.1, -0.05) is 53.2 Å². The third-order valence-electron chi connectivity index (χ3n) is 3.27. The predicted molar refractivity (Wildman–Crippen MR) is 96.5 cm³/mol. The second-order valence-corrected chi connectivity index (χ2v) is 6.71. The number of amides is 1. The van der Waals surface area contributed by atoms with Crippen molar-refractivity contribution in [2.24, 2.45) is 4.99 Å². The standard InChI is InChI=1S/C16H13Cl2N3OS/c1-21-16(23-9-10-6-7-12(17)13(18)8-10)19-14-5-3-2-4-11(14)15(22)20-21/h2-8H,9H2,1H3,(H,20,22). The zero-order chi connectivity index (χ0) is 16.4. The van der Waals surface area contributed by atoms with E-state index in [1.54, 1.807) is 24.2 Å². The lowest BCUT2D eigenvalue weighted by atomic mass is 10.2. The first kappa shape index (κ1) is 16.2. The van der Waals surface area contributed by atoms with Crippen molar-refractivity contribution in [2.75, 3.05) is 7.05 Å². The topological polar surface area (TPSA) is 44.7 Å². The molecule has 0 saturated heterocycles. The van der Waals surface area contributed by atoms with E-state index in [-0.39, 0.29) is 5.91 Å². The van der Waals surface area contributed by atoms with Crippen LogP contribution in [0.25, 0.3) is 0 Å². The molecule has 1 aliphatic heterocycles. The first-order valence-electron chi connectivity index (χ1n) is 6.84. The number of hydrogen-bond acceptors (Lipinski definition) is 4. The van der Waals surface area contributed by atoms with E-state index in [4.69, 9.17) is 23.2 Å². The summed E-state index contributed by atoms with van der Waals surface area (Å²) in [5.41, 5.74) is 5.05. The number of fused-ring (bicyclic) bond motifs is 1. The van der Waals surface area contributed by atoms with Crippen LogP contribution in [0.15, 0.2) is 47.5 Å². The predicted octanol–water partition coefficient (Wildman–Crippen LogP) is 4.50. The molecule has 0 unspecified atom stereocenters. The van der Waals surface area contributed by atoms with E-state index < -0.39 is 0 Å². The SMILES string of the molecule is CN1NC(=O)c2ccccc2N=C1SCc1ccc(Cl)c(Cl)c1. The highest BCUT2D eigenvalue weighted by Gasteiger charge is 2.20. The third-order valence-corrected chi connectivity index (χ3v) is 5.11. The number of carbonyl (C=O) groups is 1. The molecule has 2 aromatic carbocycles. The summed E-state index contributed by atoms with van der Waals surface area (Å²) in [5.74, 6) is 0.495. The van der Waals surface area contributed by atoms with Gasteiger partial charge in [0.25, 0.3) is 5.91 Å². The Labute approximate surface area is 148 Å². The number of nitrogens with zero attached hydrogens (tertiary/aromatic N) is 2. The number of carbonyl (C=O) groups excluding carboxylic acids is 1. The monoisotopic (exact) mass is 365 g/mol. The van der Waals surface area contributed by atoms with E-state index in [1.807, 2.05) is 30.3 Å². The summed E-state index contributed by atoms with van der Waals surface area (Å²) < 4.78 is 0. The average molecular weight is 366 g/mol. The first-order chi connectivity index (χ1) is 11.0. The second kappa shape index (κ2) is 6.83. The molecular formula is C16H13Cl2N3OS. The van der Waals surface area contributed by atoms with Gasteiger partial charge in [-0.2, -0.15) is 0 Å². The lowest BCUT2D eigenvalue weighted by Crippen LogP contribution is -2.40. The summed E-state index contributed by atoms with van der Waals surface area (Å²) in [5, 5.41) is 3.39. The van der Waals surface area contributed by atoms with Crippen LogP contribution in [0.2, 0.25) is 10.0 Å². The highest BCUT2D eigenvalue weighted by atomic mass is 35.5. The maximum atomic E-state index is 12.2. The van der Waals surface area contributed by atoms with Gasteiger partial charge >= 0.3 is 0 Å². The molecule has 0 aliphatic carbocycles. The molecule has 118 valence electrons. The Morgan fingerprint density at radius 2 is 1.96 bits per heavy atom. The molecule has 2 aromatic rings. The van der Waals surface area contributed by atoms with Crippen LogP contribution in [-0.2, 0) is 5.75 Å². The fourth-order valence-corrected chi connectivity index (χ4v) is 3.31. The van der Waals surface area contributed by atoms with Crippen LogP contribution >= 0.6 is 35.0 Å². The molecule has 3 rings (SSSR count). The Morgan fingerprint density at radius 3 is 2.74 bits per heavy atom. The van der Waals surface area contributed by atoms with Crippen LogP contribution in [0.5, 0.6) is 0 Å². The zero-order valence-corrected chi connectivity index (χ0v) is 14.5. The van der Waals surface area contributed by atoms with Crippen molar-refractivity contribution in [1.29, 1.82) is 0 Å². The quantitative estimate of drug-likeness (QED) is 0.851. The molecule has 1 aliphatic rings. The van der Waals surface area contributed by atoms with Gasteiger partial charge in [0.15, 0.2) is 5.17 Å². The summed E-state index contributed by atoms with van der Waals surface area (Å²) in [6.07, 6.45) is 0. The van der Waals surface area contributed by atoms with Crippen molar-refractivity contribution in [3.05, 3.63) is 63.6 Å². The summed E-state index contributed by atoms with van der Waals surface area (Å²) in [6, 6.07) is 12.8. The Morgan fingerprint density at radius 1 is 1.17 bits per heavy atom. The van der Waals surface area contributed by atoms with Gasteiger partial charge in [-0.05, 0) is 29.8 Å². The lowest BCUT2D eigenvalue weighted by Gasteiger charge is -2.19. The minimum Gasteiger partial charge on any atom is -0.267 e. The van der Waals surface area contributed by atoms with Crippen LogP contribution in [-0.4, -0.2) is 23.1 Å². The Kier molecular flexibility index (Phi) is 4.80. The number of para-hydroxylation sites is 1. The zero-order valence-electron chi connectivity index (χ0n) is 12.2. The Hall–Kier alpha value is -1.69. The van der Waals surface area contributed by atoms with Crippen LogP contribution in [0.4, 0.5) is 5.69 Å². The highest BCUT2D eigenvalue weighted by molar-refractivity contribution is 8.13. The highest BCUT2D eigenvalue weighted by Crippen LogP contribution is 2.28. The van der Waals surface area contributed by atoms with Gasteiger partial charge in [-0.15, -0.1) is 0 Å². The van der Waals surface area contributed by atoms with Crippen molar-refractivity contribution in [3.63, 3.8) is 0 Å². The lowest BCUT2D eigenvalue weighted by molar-refractivity contribution is 0.0892. The van der Waals surface area contributed by atoms with Crippen LogP contribution in [0.3, 0.4) is 0 Å². The summed E-state index contributed by atoms with van der Waals surface area (Å²) in [6.45, 7) is 0. The molecule has 23 heavy (non-hydrogen) atoms. The van der Waals surface area contributed by atoms with Crippen molar-refractivity contribution >= 4 is 51.7 Å². The first-order valence-corrected chi connectivity index (χ1v) is 8.58. The van der Waals surface area contributed by atoms with Gasteiger partial charge < -0.3 is 0 Å². The molecule has 4 nitrogen and oxygen atoms in total. The van der Waals surface area contributed by atoms with E-state index in [0.717, 1.165) is 5.56 Å². The molecule has 1 N–H and O–H groups in total. The van der Waals surface area contributed by atoms with E-state index in [2.05, 4.69) is 10.4 Å². The van der Waals surface area contributed by atoms with Crippen molar-refractivity contribution in [3.8, 4) is 0 Å². The molecular weight excluding hydrogens is 353 g/mol. The molecule has 0 fully saturated rings. The van der Waals surface area contributed by atoms with E-state index in [1.165, 1.54) is 11.8 Å². The maximum absolute atomic E-state index is 12.2. The number of halogens is 2. The summed E-state index contributed by atoms with van der Waals surface area (Å²) in [7, 11) is 1.77. The number of benzene rings is 2. The average Bonchev–Trinajstić information content (AvgIpc) is 2.65. The van der Waals surface area contributed by atoms with E-state index >= 15 is 0 Å².